The van der Waals surface area contributed by atoms with E-state index in [-0.39, 0.29) is 11.9 Å². The Balaban J connectivity index is 1.71. The first kappa shape index (κ1) is 17.0. The number of aromatic nitrogens is 2. The van der Waals surface area contributed by atoms with E-state index in [0.717, 1.165) is 29.3 Å². The van der Waals surface area contributed by atoms with Gasteiger partial charge in [-0.3, -0.25) is 4.79 Å². The number of nitrogens with one attached hydrogen (secondary N) is 1. The molecule has 5 heteroatoms. The molecule has 0 aliphatic rings. The number of carbonyl (C=O) groups is 1. The summed E-state index contributed by atoms with van der Waals surface area (Å²) in [6.07, 6.45) is 1.46. The molecule has 0 unspecified atom stereocenters. The van der Waals surface area contributed by atoms with Crippen LogP contribution in [0, 0.1) is 6.92 Å². The fraction of sp³-hybridized carbons (Fsp3) is 0.300. The zero-order valence-electron chi connectivity index (χ0n) is 14.8. The average molecular weight is 337 g/mol. The van der Waals surface area contributed by atoms with E-state index in [1.54, 1.807) is 6.07 Å². The summed E-state index contributed by atoms with van der Waals surface area (Å²) < 4.78 is 7.44. The van der Waals surface area contributed by atoms with Gasteiger partial charge in [-0.25, -0.2) is 4.68 Å². The van der Waals surface area contributed by atoms with Crippen molar-refractivity contribution in [2.24, 2.45) is 0 Å². The van der Waals surface area contributed by atoms with E-state index >= 15 is 0 Å². The molecule has 130 valence electrons. The van der Waals surface area contributed by atoms with Crippen molar-refractivity contribution >= 4 is 5.91 Å². The first-order valence-corrected chi connectivity index (χ1v) is 8.57. The largest absolute Gasteiger partial charge is 0.456 e. The van der Waals surface area contributed by atoms with Crippen LogP contribution in [0.15, 0.2) is 52.9 Å². The Morgan fingerprint density at radius 1 is 1.24 bits per heavy atom. The van der Waals surface area contributed by atoms with Gasteiger partial charge in [-0.05, 0) is 44.2 Å². The molecule has 25 heavy (non-hydrogen) atoms. The van der Waals surface area contributed by atoms with Gasteiger partial charge in [0.15, 0.2) is 5.76 Å². The van der Waals surface area contributed by atoms with E-state index in [1.165, 1.54) is 0 Å². The predicted octanol–water partition coefficient (Wildman–Crippen LogP) is 3.70. The lowest BCUT2D eigenvalue weighted by atomic mass is 10.1. The van der Waals surface area contributed by atoms with Gasteiger partial charge in [0.2, 0.25) is 0 Å². The number of rotatable bonds is 6. The Labute approximate surface area is 147 Å². The number of hydrogen-bond acceptors (Lipinski definition) is 3. The Morgan fingerprint density at radius 2 is 2.00 bits per heavy atom. The van der Waals surface area contributed by atoms with Crippen LogP contribution in [0.2, 0.25) is 0 Å². The molecule has 0 radical (unpaired) electrons. The molecular formula is C20H23N3O2. The van der Waals surface area contributed by atoms with E-state index in [1.807, 2.05) is 61.9 Å². The first-order valence-electron chi connectivity index (χ1n) is 8.57. The highest BCUT2D eigenvalue weighted by Crippen LogP contribution is 2.15. The van der Waals surface area contributed by atoms with Crippen LogP contribution >= 0.6 is 0 Å². The molecule has 1 atom stereocenters. The van der Waals surface area contributed by atoms with Crippen LogP contribution in [0.4, 0.5) is 0 Å². The third-order valence-electron chi connectivity index (χ3n) is 4.03. The molecule has 0 aliphatic heterocycles. The number of furan rings is 1. The second-order valence-electron chi connectivity index (χ2n) is 6.22. The minimum Gasteiger partial charge on any atom is -0.456 e. The van der Waals surface area contributed by atoms with Gasteiger partial charge in [-0.1, -0.05) is 25.1 Å². The molecule has 2 heterocycles. The SMILES string of the molecule is CCc1ccc(C(=O)N[C@H](C)Cc2cc(C)nn2-c2ccccc2)o1. The van der Waals surface area contributed by atoms with E-state index in [9.17, 15) is 4.79 Å². The molecule has 0 saturated carbocycles. The Hall–Kier alpha value is -2.82. The lowest BCUT2D eigenvalue weighted by molar-refractivity contribution is 0.0910. The fourth-order valence-electron chi connectivity index (χ4n) is 2.84. The standard InChI is InChI=1S/C20H23N3O2/c1-4-18-10-11-19(25-18)20(24)21-14(2)12-17-13-15(3)22-23(17)16-8-6-5-7-9-16/h5-11,13-14H,4,12H2,1-3H3,(H,21,24)/t14-/m1/s1. The molecule has 0 spiro atoms. The molecule has 0 aliphatic carbocycles. The maximum atomic E-state index is 12.3. The van der Waals surface area contributed by atoms with E-state index in [2.05, 4.69) is 16.5 Å². The molecule has 5 nitrogen and oxygen atoms in total. The van der Waals surface area contributed by atoms with E-state index in [0.29, 0.717) is 12.2 Å². The molecular weight excluding hydrogens is 314 g/mol. The van der Waals surface area contributed by atoms with Crippen molar-refractivity contribution in [2.45, 2.75) is 39.7 Å². The zero-order valence-corrected chi connectivity index (χ0v) is 14.8. The van der Waals surface area contributed by atoms with E-state index in [4.69, 9.17) is 4.42 Å². The third-order valence-corrected chi connectivity index (χ3v) is 4.03. The summed E-state index contributed by atoms with van der Waals surface area (Å²) in [6.45, 7) is 5.96. The topological polar surface area (TPSA) is 60.1 Å². The van der Waals surface area contributed by atoms with Crippen LogP contribution < -0.4 is 5.32 Å². The molecule has 0 fully saturated rings. The van der Waals surface area contributed by atoms with Crippen molar-refractivity contribution in [1.29, 1.82) is 0 Å². The summed E-state index contributed by atoms with van der Waals surface area (Å²) >= 11 is 0. The molecule has 2 aromatic heterocycles. The number of carbonyl (C=O) groups excluding carboxylic acids is 1. The maximum absolute atomic E-state index is 12.3. The van der Waals surface area contributed by atoms with Crippen LogP contribution in [0.1, 0.15) is 41.6 Å². The Morgan fingerprint density at radius 3 is 2.68 bits per heavy atom. The van der Waals surface area contributed by atoms with Crippen LogP contribution in [-0.2, 0) is 12.8 Å². The molecule has 1 N–H and O–H groups in total. The van der Waals surface area contributed by atoms with Crippen molar-refractivity contribution < 1.29 is 9.21 Å². The summed E-state index contributed by atoms with van der Waals surface area (Å²) in [4.78, 5) is 12.3. The van der Waals surface area contributed by atoms with Crippen molar-refractivity contribution in [1.82, 2.24) is 15.1 Å². The van der Waals surface area contributed by atoms with Gasteiger partial charge >= 0.3 is 0 Å². The van der Waals surface area contributed by atoms with Crippen molar-refractivity contribution in [3.05, 3.63) is 71.4 Å². The minimum atomic E-state index is -0.185. The van der Waals surface area contributed by atoms with Crippen LogP contribution in [0.25, 0.3) is 5.69 Å². The summed E-state index contributed by atoms with van der Waals surface area (Å²) in [5.41, 5.74) is 3.03. The molecule has 3 aromatic rings. The summed E-state index contributed by atoms with van der Waals surface area (Å²) in [7, 11) is 0. The highest BCUT2D eigenvalue weighted by Gasteiger charge is 2.16. The molecule has 1 amide bonds. The Kier molecular flexibility index (Phi) is 5.03. The maximum Gasteiger partial charge on any atom is 0.287 e. The van der Waals surface area contributed by atoms with Crippen LogP contribution in [0.3, 0.4) is 0 Å². The quantitative estimate of drug-likeness (QED) is 0.746. The highest BCUT2D eigenvalue weighted by molar-refractivity contribution is 5.91. The number of benzene rings is 1. The van der Waals surface area contributed by atoms with Crippen molar-refractivity contribution in [2.75, 3.05) is 0 Å². The predicted molar refractivity (Wildman–Crippen MR) is 97.0 cm³/mol. The molecule has 1 aromatic carbocycles. The monoisotopic (exact) mass is 337 g/mol. The van der Waals surface area contributed by atoms with Gasteiger partial charge in [0, 0.05) is 24.6 Å². The minimum absolute atomic E-state index is 0.0405. The van der Waals surface area contributed by atoms with Crippen LogP contribution in [0.5, 0.6) is 0 Å². The molecule has 0 bridgehead atoms. The number of amides is 1. The summed E-state index contributed by atoms with van der Waals surface area (Å²) in [6, 6.07) is 15.6. The third kappa shape index (κ3) is 3.99. The number of aryl methyl sites for hydroxylation is 2. The van der Waals surface area contributed by atoms with Gasteiger partial charge < -0.3 is 9.73 Å². The Bertz CT molecular complexity index is 849. The lowest BCUT2D eigenvalue weighted by Crippen LogP contribution is -2.34. The second-order valence-corrected chi connectivity index (χ2v) is 6.22. The average Bonchev–Trinajstić information content (AvgIpc) is 3.22. The van der Waals surface area contributed by atoms with Gasteiger partial charge in [-0.2, -0.15) is 5.10 Å². The lowest BCUT2D eigenvalue weighted by Gasteiger charge is -2.14. The molecule has 0 saturated heterocycles. The van der Waals surface area contributed by atoms with Gasteiger partial charge in [0.1, 0.15) is 5.76 Å². The van der Waals surface area contributed by atoms with Crippen molar-refractivity contribution in [3.63, 3.8) is 0 Å². The molecule has 3 rings (SSSR count). The normalized spacial score (nSPS) is 12.1. The van der Waals surface area contributed by atoms with Crippen molar-refractivity contribution in [3.8, 4) is 5.69 Å². The van der Waals surface area contributed by atoms with Gasteiger partial charge in [-0.15, -0.1) is 0 Å². The number of para-hydroxylation sites is 1. The zero-order chi connectivity index (χ0) is 17.8. The van der Waals surface area contributed by atoms with Crippen LogP contribution in [-0.4, -0.2) is 21.7 Å². The van der Waals surface area contributed by atoms with Gasteiger partial charge in [0.25, 0.3) is 5.91 Å². The summed E-state index contributed by atoms with van der Waals surface area (Å²) in [5.74, 6) is 0.988. The highest BCUT2D eigenvalue weighted by atomic mass is 16.3. The fourth-order valence-corrected chi connectivity index (χ4v) is 2.84. The van der Waals surface area contributed by atoms with Gasteiger partial charge in [0.05, 0.1) is 11.4 Å². The number of nitrogens with zero attached hydrogens (tertiary/aromatic N) is 2. The second kappa shape index (κ2) is 7.38. The summed E-state index contributed by atoms with van der Waals surface area (Å²) in [5, 5.41) is 7.57. The first-order chi connectivity index (χ1) is 12.1. The smallest absolute Gasteiger partial charge is 0.287 e. The van der Waals surface area contributed by atoms with E-state index < -0.39 is 0 Å². The number of hydrogen-bond donors (Lipinski definition) is 1.